The molecule has 2 aromatic carbocycles. The summed E-state index contributed by atoms with van der Waals surface area (Å²) < 4.78 is 0. The van der Waals surface area contributed by atoms with Crippen LogP contribution in [0, 0.1) is 13.8 Å². The normalized spacial score (nSPS) is 16.1. The van der Waals surface area contributed by atoms with E-state index < -0.39 is 11.9 Å². The molecule has 4 rings (SSSR count). The first-order valence-electron chi connectivity index (χ1n) is 9.69. The van der Waals surface area contributed by atoms with Gasteiger partial charge in [-0.3, -0.25) is 24.3 Å². The topological polar surface area (TPSA) is 70.6 Å². The molecule has 1 aromatic heterocycles. The minimum Gasteiger partial charge on any atom is -0.295 e. The summed E-state index contributed by atoms with van der Waals surface area (Å²) in [6.07, 6.45) is 2.99. The molecule has 3 aromatic rings. The molecule has 3 amide bonds. The second-order valence-electron chi connectivity index (χ2n) is 7.38. The van der Waals surface area contributed by atoms with Gasteiger partial charge in [0.2, 0.25) is 5.91 Å². The number of carbonyl (C=O) groups is 3. The SMILES string of the molecule is Cc1cccc(N2C(=O)C[C@@H](N(C(=O)c3ccncc3)c3cccc(C)c3)C2=O)c1. The molecule has 0 saturated carbocycles. The predicted octanol–water partition coefficient (Wildman–Crippen LogP) is 3.68. The largest absolute Gasteiger partial charge is 0.295 e. The summed E-state index contributed by atoms with van der Waals surface area (Å²) >= 11 is 0. The van der Waals surface area contributed by atoms with Crippen molar-refractivity contribution in [2.75, 3.05) is 9.80 Å². The highest BCUT2D eigenvalue weighted by atomic mass is 16.2. The Morgan fingerprint density at radius 1 is 0.967 bits per heavy atom. The number of pyridine rings is 1. The molecular weight excluding hydrogens is 378 g/mol. The Morgan fingerprint density at radius 3 is 2.30 bits per heavy atom. The Morgan fingerprint density at radius 2 is 1.63 bits per heavy atom. The number of hydrogen-bond acceptors (Lipinski definition) is 4. The lowest BCUT2D eigenvalue weighted by Gasteiger charge is -2.28. The number of aryl methyl sites for hydroxylation is 2. The molecule has 150 valence electrons. The Kier molecular flexibility index (Phi) is 5.14. The molecule has 6 heteroatoms. The van der Waals surface area contributed by atoms with Crippen LogP contribution in [0.2, 0.25) is 0 Å². The van der Waals surface area contributed by atoms with Crippen LogP contribution in [0.5, 0.6) is 0 Å². The highest BCUT2D eigenvalue weighted by Gasteiger charge is 2.45. The van der Waals surface area contributed by atoms with Crippen LogP contribution in [0.4, 0.5) is 11.4 Å². The summed E-state index contributed by atoms with van der Waals surface area (Å²) in [7, 11) is 0. The maximum atomic E-state index is 13.4. The Labute approximate surface area is 174 Å². The third-order valence-electron chi connectivity index (χ3n) is 5.12. The monoisotopic (exact) mass is 399 g/mol. The van der Waals surface area contributed by atoms with E-state index in [4.69, 9.17) is 0 Å². The maximum Gasteiger partial charge on any atom is 0.259 e. The van der Waals surface area contributed by atoms with Crippen molar-refractivity contribution in [3.05, 3.63) is 89.7 Å². The molecular formula is C24H21N3O3. The quantitative estimate of drug-likeness (QED) is 0.628. The van der Waals surface area contributed by atoms with Crippen LogP contribution < -0.4 is 9.80 Å². The summed E-state index contributed by atoms with van der Waals surface area (Å²) in [6, 6.07) is 16.9. The predicted molar refractivity (Wildman–Crippen MR) is 114 cm³/mol. The first-order valence-corrected chi connectivity index (χ1v) is 9.69. The highest BCUT2D eigenvalue weighted by molar-refractivity contribution is 6.25. The number of nitrogens with zero attached hydrogens (tertiary/aromatic N) is 3. The van der Waals surface area contributed by atoms with Crippen molar-refractivity contribution in [2.45, 2.75) is 26.3 Å². The van der Waals surface area contributed by atoms with E-state index in [0.29, 0.717) is 16.9 Å². The second-order valence-corrected chi connectivity index (χ2v) is 7.38. The van der Waals surface area contributed by atoms with E-state index >= 15 is 0 Å². The zero-order chi connectivity index (χ0) is 21.3. The van der Waals surface area contributed by atoms with Crippen molar-refractivity contribution in [2.24, 2.45) is 0 Å². The molecule has 2 heterocycles. The van der Waals surface area contributed by atoms with Crippen LogP contribution >= 0.6 is 0 Å². The lowest BCUT2D eigenvalue weighted by Crippen LogP contribution is -2.46. The van der Waals surface area contributed by atoms with E-state index in [1.807, 2.05) is 38.1 Å². The van der Waals surface area contributed by atoms with Gasteiger partial charge in [0.25, 0.3) is 11.8 Å². The fourth-order valence-corrected chi connectivity index (χ4v) is 3.71. The van der Waals surface area contributed by atoms with Crippen molar-refractivity contribution < 1.29 is 14.4 Å². The van der Waals surface area contributed by atoms with Gasteiger partial charge in [-0.15, -0.1) is 0 Å². The third kappa shape index (κ3) is 3.59. The van der Waals surface area contributed by atoms with Gasteiger partial charge in [0.1, 0.15) is 6.04 Å². The first kappa shape index (κ1) is 19.5. The van der Waals surface area contributed by atoms with Crippen LogP contribution in [0.15, 0.2) is 73.1 Å². The number of anilines is 2. The summed E-state index contributed by atoms with van der Waals surface area (Å²) in [6.45, 7) is 3.82. The summed E-state index contributed by atoms with van der Waals surface area (Å²) in [5.41, 5.74) is 3.40. The molecule has 0 aliphatic carbocycles. The highest BCUT2D eigenvalue weighted by Crippen LogP contribution is 2.30. The van der Waals surface area contributed by atoms with Crippen LogP contribution in [-0.2, 0) is 9.59 Å². The zero-order valence-electron chi connectivity index (χ0n) is 16.8. The number of benzene rings is 2. The molecule has 0 radical (unpaired) electrons. The smallest absolute Gasteiger partial charge is 0.259 e. The van der Waals surface area contributed by atoms with E-state index in [0.717, 1.165) is 11.1 Å². The van der Waals surface area contributed by atoms with Crippen molar-refractivity contribution in [3.63, 3.8) is 0 Å². The van der Waals surface area contributed by atoms with Crippen LogP contribution in [0.3, 0.4) is 0 Å². The van der Waals surface area contributed by atoms with E-state index in [2.05, 4.69) is 4.98 Å². The Bertz CT molecular complexity index is 1130. The number of hydrogen-bond donors (Lipinski definition) is 0. The number of carbonyl (C=O) groups excluding carboxylic acids is 3. The standard InChI is InChI=1S/C24H21N3O3/c1-16-5-3-7-19(13-16)26(23(29)18-9-11-25-12-10-18)21-15-22(28)27(24(21)30)20-8-4-6-17(2)14-20/h3-14,21H,15H2,1-2H3/t21-/m1/s1. The molecule has 1 aliphatic heterocycles. The van der Waals surface area contributed by atoms with Crippen molar-refractivity contribution in [1.29, 1.82) is 0 Å². The summed E-state index contributed by atoms with van der Waals surface area (Å²) in [5.74, 6) is -1.08. The van der Waals surface area contributed by atoms with E-state index in [1.165, 1.54) is 22.2 Å². The number of aromatic nitrogens is 1. The van der Waals surface area contributed by atoms with Crippen LogP contribution in [0.1, 0.15) is 27.9 Å². The molecule has 0 bridgehead atoms. The van der Waals surface area contributed by atoms with Crippen molar-refractivity contribution in [1.82, 2.24) is 4.98 Å². The molecule has 0 spiro atoms. The second kappa shape index (κ2) is 7.91. The fourth-order valence-electron chi connectivity index (χ4n) is 3.71. The molecule has 30 heavy (non-hydrogen) atoms. The van der Waals surface area contributed by atoms with Gasteiger partial charge in [0.15, 0.2) is 0 Å². The van der Waals surface area contributed by atoms with E-state index in [1.54, 1.807) is 36.4 Å². The summed E-state index contributed by atoms with van der Waals surface area (Å²) in [5, 5.41) is 0. The van der Waals surface area contributed by atoms with Gasteiger partial charge < -0.3 is 0 Å². The minimum absolute atomic E-state index is 0.0719. The van der Waals surface area contributed by atoms with Gasteiger partial charge in [-0.1, -0.05) is 24.3 Å². The lowest BCUT2D eigenvalue weighted by molar-refractivity contribution is -0.121. The summed E-state index contributed by atoms with van der Waals surface area (Å²) in [4.78, 5) is 46.2. The van der Waals surface area contributed by atoms with Gasteiger partial charge >= 0.3 is 0 Å². The maximum absolute atomic E-state index is 13.4. The zero-order valence-corrected chi connectivity index (χ0v) is 16.8. The van der Waals surface area contributed by atoms with Crippen LogP contribution in [0.25, 0.3) is 0 Å². The number of rotatable bonds is 4. The molecule has 6 nitrogen and oxygen atoms in total. The number of imide groups is 1. The average molecular weight is 399 g/mol. The fraction of sp³-hybridized carbons (Fsp3) is 0.167. The van der Waals surface area contributed by atoms with Gasteiger partial charge in [-0.25, -0.2) is 4.90 Å². The van der Waals surface area contributed by atoms with Gasteiger partial charge in [-0.05, 0) is 61.4 Å². The van der Waals surface area contributed by atoms with Crippen molar-refractivity contribution >= 4 is 29.1 Å². The van der Waals surface area contributed by atoms with Gasteiger partial charge in [0, 0.05) is 23.6 Å². The van der Waals surface area contributed by atoms with E-state index in [9.17, 15) is 14.4 Å². The minimum atomic E-state index is -0.916. The van der Waals surface area contributed by atoms with Crippen LogP contribution in [-0.4, -0.2) is 28.7 Å². The van der Waals surface area contributed by atoms with Gasteiger partial charge in [0.05, 0.1) is 12.1 Å². The van der Waals surface area contributed by atoms with Crippen molar-refractivity contribution in [3.8, 4) is 0 Å². The molecule has 0 N–H and O–H groups in total. The average Bonchev–Trinajstić information content (AvgIpc) is 3.02. The first-order chi connectivity index (χ1) is 14.5. The van der Waals surface area contributed by atoms with Gasteiger partial charge in [-0.2, -0.15) is 0 Å². The number of amides is 3. The Balaban J connectivity index is 1.77. The van der Waals surface area contributed by atoms with E-state index in [-0.39, 0.29) is 18.2 Å². The molecule has 0 unspecified atom stereocenters. The third-order valence-corrected chi connectivity index (χ3v) is 5.12. The molecule has 1 atom stereocenters. The molecule has 1 fully saturated rings. The Hall–Kier alpha value is -3.80. The molecule has 1 aliphatic rings. The molecule has 1 saturated heterocycles. The lowest BCUT2D eigenvalue weighted by atomic mass is 10.1.